The Bertz CT molecular complexity index is 777. The fourth-order valence-corrected chi connectivity index (χ4v) is 6.49. The molecule has 0 N–H and O–H groups in total. The van der Waals surface area contributed by atoms with E-state index in [-0.39, 0.29) is 23.6 Å². The van der Waals surface area contributed by atoms with Crippen LogP contribution in [0.5, 0.6) is 0 Å². The zero-order chi connectivity index (χ0) is 16.6. The van der Waals surface area contributed by atoms with Gasteiger partial charge in [-0.2, -0.15) is 0 Å². The molecule has 2 unspecified atom stereocenters. The van der Waals surface area contributed by atoms with Crippen molar-refractivity contribution < 1.29 is 8.42 Å². The van der Waals surface area contributed by atoms with Gasteiger partial charge in [-0.15, -0.1) is 11.3 Å². The number of benzene rings is 1. The molecule has 2 aromatic rings. The Balaban J connectivity index is 1.53. The number of piperazine rings is 1. The Morgan fingerprint density at radius 2 is 1.71 bits per heavy atom. The first-order valence-corrected chi connectivity index (χ1v) is 10.9. The SMILES string of the molecule is O=S1(=O)CC2C(C1)N(Cc1cncs1)CCN2Cc1ccccc1. The van der Waals surface area contributed by atoms with Crippen LogP contribution >= 0.6 is 11.3 Å². The van der Waals surface area contributed by atoms with Crippen LogP contribution in [0.2, 0.25) is 0 Å². The van der Waals surface area contributed by atoms with E-state index in [1.54, 1.807) is 11.3 Å². The van der Waals surface area contributed by atoms with E-state index in [4.69, 9.17) is 0 Å². The average molecular weight is 364 g/mol. The number of aromatic nitrogens is 1. The molecule has 4 rings (SSSR count). The second kappa shape index (κ2) is 6.55. The molecule has 1 aromatic heterocycles. The minimum atomic E-state index is -2.96. The second-order valence-electron chi connectivity index (χ2n) is 6.61. The molecule has 7 heteroatoms. The lowest BCUT2D eigenvalue weighted by Gasteiger charge is -2.43. The number of sulfone groups is 1. The van der Waals surface area contributed by atoms with Crippen LogP contribution in [-0.4, -0.2) is 59.9 Å². The molecule has 0 spiro atoms. The molecule has 0 aliphatic carbocycles. The predicted molar refractivity (Wildman–Crippen MR) is 95.6 cm³/mol. The maximum Gasteiger partial charge on any atom is 0.153 e. The molecule has 0 radical (unpaired) electrons. The lowest BCUT2D eigenvalue weighted by molar-refractivity contribution is 0.0361. The topological polar surface area (TPSA) is 53.5 Å². The van der Waals surface area contributed by atoms with Gasteiger partial charge in [0.25, 0.3) is 0 Å². The summed E-state index contributed by atoms with van der Waals surface area (Å²) in [6, 6.07) is 10.5. The minimum absolute atomic E-state index is 0.0922. The summed E-state index contributed by atoms with van der Waals surface area (Å²) in [6.45, 7) is 3.44. The Morgan fingerprint density at radius 1 is 1.04 bits per heavy atom. The highest BCUT2D eigenvalue weighted by Crippen LogP contribution is 2.29. The van der Waals surface area contributed by atoms with Gasteiger partial charge in [0.1, 0.15) is 0 Å². The average Bonchev–Trinajstić information content (AvgIpc) is 3.17. The van der Waals surface area contributed by atoms with Crippen LogP contribution in [-0.2, 0) is 22.9 Å². The summed E-state index contributed by atoms with van der Waals surface area (Å²) < 4.78 is 24.6. The normalized spacial score (nSPS) is 27.2. The van der Waals surface area contributed by atoms with E-state index in [0.29, 0.717) is 0 Å². The smallest absolute Gasteiger partial charge is 0.153 e. The van der Waals surface area contributed by atoms with Gasteiger partial charge >= 0.3 is 0 Å². The molecule has 128 valence electrons. The molecule has 1 aromatic carbocycles. The second-order valence-corrected chi connectivity index (χ2v) is 9.73. The Morgan fingerprint density at radius 3 is 2.33 bits per heavy atom. The highest BCUT2D eigenvalue weighted by Gasteiger charge is 2.46. The molecule has 5 nitrogen and oxygen atoms in total. The molecule has 2 saturated heterocycles. The van der Waals surface area contributed by atoms with Crippen molar-refractivity contribution in [1.82, 2.24) is 14.8 Å². The van der Waals surface area contributed by atoms with Gasteiger partial charge in [0.2, 0.25) is 0 Å². The van der Waals surface area contributed by atoms with E-state index in [2.05, 4.69) is 26.9 Å². The van der Waals surface area contributed by atoms with Crippen molar-refractivity contribution >= 4 is 21.2 Å². The lowest BCUT2D eigenvalue weighted by atomic mass is 10.0. The van der Waals surface area contributed by atoms with E-state index in [1.165, 1.54) is 10.4 Å². The first kappa shape index (κ1) is 16.2. The van der Waals surface area contributed by atoms with Crippen molar-refractivity contribution in [3.63, 3.8) is 0 Å². The highest BCUT2D eigenvalue weighted by molar-refractivity contribution is 7.91. The maximum absolute atomic E-state index is 12.3. The number of hydrogen-bond donors (Lipinski definition) is 0. The van der Waals surface area contributed by atoms with Crippen LogP contribution in [0.4, 0.5) is 0 Å². The zero-order valence-corrected chi connectivity index (χ0v) is 15.0. The van der Waals surface area contributed by atoms with E-state index in [0.717, 1.165) is 26.2 Å². The molecule has 0 bridgehead atoms. The molecule has 0 amide bonds. The third-order valence-corrected chi connectivity index (χ3v) is 7.44. The van der Waals surface area contributed by atoms with Crippen molar-refractivity contribution in [2.24, 2.45) is 0 Å². The summed E-state index contributed by atoms with van der Waals surface area (Å²) in [4.78, 5) is 10.0. The monoisotopic (exact) mass is 363 g/mol. The van der Waals surface area contributed by atoms with Gasteiger partial charge in [-0.25, -0.2) is 8.42 Å². The van der Waals surface area contributed by atoms with E-state index in [9.17, 15) is 8.42 Å². The molecule has 2 fully saturated rings. The fraction of sp³-hybridized carbons (Fsp3) is 0.471. The van der Waals surface area contributed by atoms with Gasteiger partial charge in [-0.3, -0.25) is 14.8 Å². The number of rotatable bonds is 4. The first-order valence-electron chi connectivity index (χ1n) is 8.20. The number of hydrogen-bond acceptors (Lipinski definition) is 6. The molecule has 3 heterocycles. The Kier molecular flexibility index (Phi) is 4.42. The van der Waals surface area contributed by atoms with Gasteiger partial charge in [-0.05, 0) is 5.56 Å². The van der Waals surface area contributed by atoms with Gasteiger partial charge in [0, 0.05) is 49.3 Å². The van der Waals surface area contributed by atoms with Crippen LogP contribution < -0.4 is 0 Å². The van der Waals surface area contributed by atoms with Crippen LogP contribution in [0, 0.1) is 0 Å². The first-order chi connectivity index (χ1) is 11.6. The number of nitrogens with zero attached hydrogens (tertiary/aromatic N) is 3. The highest BCUT2D eigenvalue weighted by atomic mass is 32.2. The lowest BCUT2D eigenvalue weighted by Crippen LogP contribution is -2.58. The molecular formula is C17H21N3O2S2. The molecular weight excluding hydrogens is 342 g/mol. The van der Waals surface area contributed by atoms with Crippen molar-refractivity contribution in [1.29, 1.82) is 0 Å². The number of thiazole rings is 1. The molecule has 0 saturated carbocycles. The summed E-state index contributed by atoms with van der Waals surface area (Å²) in [5.74, 6) is 0.561. The van der Waals surface area contributed by atoms with Crippen LogP contribution in [0.25, 0.3) is 0 Å². The summed E-state index contributed by atoms with van der Waals surface area (Å²) in [6.07, 6.45) is 1.89. The fourth-order valence-electron chi connectivity index (χ4n) is 3.83. The maximum atomic E-state index is 12.3. The van der Waals surface area contributed by atoms with Crippen molar-refractivity contribution in [2.45, 2.75) is 25.2 Å². The third kappa shape index (κ3) is 3.39. The Labute approximate surface area is 146 Å². The van der Waals surface area contributed by atoms with E-state index < -0.39 is 9.84 Å². The van der Waals surface area contributed by atoms with Gasteiger partial charge < -0.3 is 0 Å². The molecule has 2 aliphatic rings. The molecule has 2 aliphatic heterocycles. The quantitative estimate of drug-likeness (QED) is 0.826. The van der Waals surface area contributed by atoms with Crippen molar-refractivity contribution in [2.75, 3.05) is 24.6 Å². The standard InChI is InChI=1S/C17H21N3O2S2/c21-24(22)11-16-17(12-24)20(10-15-8-18-13-23-15)7-6-19(16)9-14-4-2-1-3-5-14/h1-5,8,13,16-17H,6-7,9-12H2. The van der Waals surface area contributed by atoms with Gasteiger partial charge in [0.05, 0.1) is 17.0 Å². The summed E-state index contributed by atoms with van der Waals surface area (Å²) in [5.41, 5.74) is 3.08. The van der Waals surface area contributed by atoms with Gasteiger partial charge in [0.15, 0.2) is 9.84 Å². The van der Waals surface area contributed by atoms with Gasteiger partial charge in [-0.1, -0.05) is 30.3 Å². The van der Waals surface area contributed by atoms with Crippen LogP contribution in [0.15, 0.2) is 42.0 Å². The van der Waals surface area contributed by atoms with Crippen LogP contribution in [0.1, 0.15) is 10.4 Å². The summed E-state index contributed by atoms with van der Waals surface area (Å²) in [5, 5.41) is 0. The third-order valence-electron chi connectivity index (χ3n) is 4.98. The summed E-state index contributed by atoms with van der Waals surface area (Å²) in [7, 11) is -2.96. The van der Waals surface area contributed by atoms with E-state index >= 15 is 0 Å². The molecule has 2 atom stereocenters. The minimum Gasteiger partial charge on any atom is -0.292 e. The Hall–Kier alpha value is -1.28. The summed E-state index contributed by atoms with van der Waals surface area (Å²) >= 11 is 1.64. The zero-order valence-electron chi connectivity index (χ0n) is 13.4. The largest absolute Gasteiger partial charge is 0.292 e. The predicted octanol–water partition coefficient (Wildman–Crippen LogP) is 1.63. The van der Waals surface area contributed by atoms with E-state index in [1.807, 2.05) is 29.9 Å². The number of fused-ring (bicyclic) bond motifs is 1. The van der Waals surface area contributed by atoms with Crippen molar-refractivity contribution in [3.8, 4) is 0 Å². The van der Waals surface area contributed by atoms with Crippen molar-refractivity contribution in [3.05, 3.63) is 52.5 Å². The van der Waals surface area contributed by atoms with Crippen LogP contribution in [0.3, 0.4) is 0 Å². The molecule has 24 heavy (non-hydrogen) atoms.